The molecule has 176 valence electrons. The van der Waals surface area contributed by atoms with E-state index in [1.165, 1.54) is 0 Å². The van der Waals surface area contributed by atoms with Gasteiger partial charge in [-0.2, -0.15) is 9.29 Å². The fraction of sp³-hybridized carbons (Fsp3) is 0.714. The Hall–Kier alpha value is -2.27. The van der Waals surface area contributed by atoms with Gasteiger partial charge in [-0.15, -0.1) is 0 Å². The molecule has 2 aromatic heterocycles. The standard InChI is InChI=1S/C21H33N7O3S/c1-15(2)19-25-21(31-26-19)27-10-6-16(7-11-27)5-4-9-22-20-23-13-17-14-28(32(3,29)30)12-8-18(17)24-20/h13,15-16H,4-12,14H2,1-3H3,(H,22,23,24)/i8D,12D,13D,14D. The van der Waals surface area contributed by atoms with E-state index in [9.17, 15) is 8.42 Å². The van der Waals surface area contributed by atoms with E-state index < -0.39 is 29.5 Å². The first-order valence-electron chi connectivity index (χ1n) is 13.2. The van der Waals surface area contributed by atoms with E-state index >= 15 is 0 Å². The zero-order chi connectivity index (χ0) is 26.2. The second kappa shape index (κ2) is 9.70. The molecule has 4 rings (SSSR count). The molecule has 32 heavy (non-hydrogen) atoms. The third kappa shape index (κ3) is 5.55. The van der Waals surface area contributed by atoms with Gasteiger partial charge in [0.1, 0.15) is 0 Å². The molecule has 10 nitrogen and oxygen atoms in total. The van der Waals surface area contributed by atoms with Gasteiger partial charge in [0.25, 0.3) is 0 Å². The molecule has 3 unspecified atom stereocenters. The molecule has 1 saturated heterocycles. The Kier molecular flexibility index (Phi) is 5.51. The second-order valence-corrected chi connectivity index (χ2v) is 10.5. The van der Waals surface area contributed by atoms with Crippen molar-refractivity contribution in [2.24, 2.45) is 5.92 Å². The van der Waals surface area contributed by atoms with Crippen LogP contribution >= 0.6 is 0 Å². The molecule has 0 amide bonds. The Labute approximate surface area is 195 Å². The van der Waals surface area contributed by atoms with Crippen LogP contribution in [-0.2, 0) is 22.9 Å². The zero-order valence-corrected chi connectivity index (χ0v) is 19.5. The zero-order valence-electron chi connectivity index (χ0n) is 22.7. The summed E-state index contributed by atoms with van der Waals surface area (Å²) in [6.07, 6.45) is 3.20. The molecule has 2 aliphatic heterocycles. The summed E-state index contributed by atoms with van der Waals surface area (Å²) in [6.45, 7) is 3.35. The number of anilines is 2. The van der Waals surface area contributed by atoms with E-state index in [2.05, 4.69) is 30.3 Å². The number of rotatable bonds is 8. The van der Waals surface area contributed by atoms with Gasteiger partial charge in [-0.05, 0) is 31.6 Å². The highest BCUT2D eigenvalue weighted by molar-refractivity contribution is 7.88. The van der Waals surface area contributed by atoms with Crippen LogP contribution in [0.4, 0.5) is 12.0 Å². The van der Waals surface area contributed by atoms with Crippen LogP contribution in [0.1, 0.15) is 68.0 Å². The number of nitrogens with one attached hydrogen (secondary N) is 1. The molecule has 0 aromatic carbocycles. The monoisotopic (exact) mass is 467 g/mol. The predicted octanol–water partition coefficient (Wildman–Crippen LogP) is 2.41. The lowest BCUT2D eigenvalue weighted by atomic mass is 9.92. The summed E-state index contributed by atoms with van der Waals surface area (Å²) in [4.78, 5) is 15.0. The van der Waals surface area contributed by atoms with E-state index in [0.29, 0.717) is 22.8 Å². The summed E-state index contributed by atoms with van der Waals surface area (Å²) in [5, 5.41) is 7.13. The van der Waals surface area contributed by atoms with Gasteiger partial charge in [-0.1, -0.05) is 19.0 Å². The molecule has 1 N–H and O–H groups in total. The van der Waals surface area contributed by atoms with E-state index in [1.807, 2.05) is 13.8 Å². The molecular weight excluding hydrogens is 430 g/mol. The minimum absolute atomic E-state index is 0.0389. The third-order valence-corrected chi connectivity index (χ3v) is 6.70. The Balaban J connectivity index is 1.29. The van der Waals surface area contributed by atoms with Gasteiger partial charge in [-0.3, -0.25) is 0 Å². The largest absolute Gasteiger partial charge is 0.354 e. The predicted molar refractivity (Wildman–Crippen MR) is 122 cm³/mol. The maximum Gasteiger partial charge on any atom is 0.324 e. The molecule has 0 aliphatic carbocycles. The van der Waals surface area contributed by atoms with Crippen molar-refractivity contribution < 1.29 is 18.4 Å². The first kappa shape index (κ1) is 18.2. The van der Waals surface area contributed by atoms with Gasteiger partial charge in [0, 0.05) is 60.8 Å². The Morgan fingerprint density at radius 2 is 2.12 bits per heavy atom. The van der Waals surface area contributed by atoms with Crippen molar-refractivity contribution in [3.05, 3.63) is 23.3 Å². The maximum atomic E-state index is 12.0. The number of sulfonamides is 1. The topological polar surface area (TPSA) is 117 Å². The van der Waals surface area contributed by atoms with Crippen molar-refractivity contribution in [1.82, 2.24) is 24.4 Å². The van der Waals surface area contributed by atoms with E-state index in [-0.39, 0.29) is 29.3 Å². The minimum Gasteiger partial charge on any atom is -0.354 e. The summed E-state index contributed by atoms with van der Waals surface area (Å²) in [5.74, 6) is 1.68. The lowest BCUT2D eigenvalue weighted by molar-refractivity contribution is 0.346. The smallest absolute Gasteiger partial charge is 0.324 e. The highest BCUT2D eigenvalue weighted by Gasteiger charge is 2.25. The lowest BCUT2D eigenvalue weighted by Crippen LogP contribution is -2.35. The Morgan fingerprint density at radius 1 is 1.34 bits per heavy atom. The summed E-state index contributed by atoms with van der Waals surface area (Å²) in [6, 6.07) is 0.590. The molecule has 0 bridgehead atoms. The molecule has 11 heteroatoms. The average molecular weight is 468 g/mol. The van der Waals surface area contributed by atoms with Crippen LogP contribution in [0.25, 0.3) is 0 Å². The third-order valence-electron chi connectivity index (χ3n) is 5.71. The number of aryl methyl sites for hydroxylation is 1. The fourth-order valence-electron chi connectivity index (χ4n) is 3.78. The van der Waals surface area contributed by atoms with E-state index in [4.69, 9.17) is 10.0 Å². The number of nitrogens with zero attached hydrogens (tertiary/aromatic N) is 6. The molecular formula is C21H33N7O3S. The molecule has 2 aliphatic rings. The molecule has 2 aromatic rings. The van der Waals surface area contributed by atoms with Crippen LogP contribution in [0.5, 0.6) is 0 Å². The van der Waals surface area contributed by atoms with Crippen molar-refractivity contribution in [2.75, 3.05) is 42.6 Å². The maximum absolute atomic E-state index is 12.0. The summed E-state index contributed by atoms with van der Waals surface area (Å²) in [7, 11) is -3.91. The number of hydrogen-bond donors (Lipinski definition) is 1. The van der Waals surface area contributed by atoms with Gasteiger partial charge < -0.3 is 14.7 Å². The van der Waals surface area contributed by atoms with Crippen molar-refractivity contribution in [3.63, 3.8) is 0 Å². The Bertz CT molecular complexity index is 1170. The fourth-order valence-corrected chi connectivity index (χ4v) is 4.36. The highest BCUT2D eigenvalue weighted by Crippen LogP contribution is 2.26. The first-order chi connectivity index (χ1) is 17.0. The van der Waals surface area contributed by atoms with Gasteiger partial charge in [0.2, 0.25) is 16.0 Å². The minimum atomic E-state index is -3.91. The summed E-state index contributed by atoms with van der Waals surface area (Å²) in [5.41, 5.74) is 0.0226. The molecule has 0 radical (unpaired) electrons. The first-order valence-corrected chi connectivity index (χ1v) is 12.8. The lowest BCUT2D eigenvalue weighted by Gasteiger charge is -2.30. The van der Waals surface area contributed by atoms with Crippen molar-refractivity contribution in [1.29, 1.82) is 0 Å². The molecule has 4 heterocycles. The second-order valence-electron chi connectivity index (χ2n) is 8.58. The molecule has 3 atom stereocenters. The number of hydrogen-bond acceptors (Lipinski definition) is 9. The molecule has 1 fully saturated rings. The van der Waals surface area contributed by atoms with Crippen LogP contribution in [0, 0.1) is 5.92 Å². The van der Waals surface area contributed by atoms with Gasteiger partial charge in [-0.25, -0.2) is 18.4 Å². The van der Waals surface area contributed by atoms with Crippen LogP contribution in [0.3, 0.4) is 0 Å². The SMILES string of the molecule is [2H]c1nc(NCCCC2CCN(c3nc(C(C)C)no3)CC2)nc2c1C([2H])N(S(C)(=O)=O)C([2H])C2[2H]. The van der Waals surface area contributed by atoms with Gasteiger partial charge >= 0.3 is 6.01 Å². The van der Waals surface area contributed by atoms with Crippen LogP contribution < -0.4 is 10.2 Å². The normalized spacial score (nSPS) is 26.9. The van der Waals surface area contributed by atoms with Crippen LogP contribution in [-0.4, -0.2) is 65.2 Å². The van der Waals surface area contributed by atoms with Crippen LogP contribution in [0.15, 0.2) is 10.7 Å². The van der Waals surface area contributed by atoms with E-state index in [1.54, 1.807) is 0 Å². The highest BCUT2D eigenvalue weighted by atomic mass is 32.2. The number of piperidine rings is 1. The quantitative estimate of drug-likeness (QED) is 0.584. The molecule has 0 saturated carbocycles. The summed E-state index contributed by atoms with van der Waals surface area (Å²) < 4.78 is 63.0. The van der Waals surface area contributed by atoms with Crippen molar-refractivity contribution in [2.45, 2.75) is 58.4 Å². The molecule has 0 spiro atoms. The average Bonchev–Trinajstić information content (AvgIpc) is 3.30. The van der Waals surface area contributed by atoms with Gasteiger partial charge in [0.05, 0.1) is 13.3 Å². The van der Waals surface area contributed by atoms with Crippen molar-refractivity contribution >= 4 is 22.0 Å². The van der Waals surface area contributed by atoms with Gasteiger partial charge in [0.15, 0.2) is 5.82 Å². The summed E-state index contributed by atoms with van der Waals surface area (Å²) >= 11 is 0. The van der Waals surface area contributed by atoms with Crippen molar-refractivity contribution in [3.8, 4) is 0 Å². The van der Waals surface area contributed by atoms with E-state index in [0.717, 1.165) is 50.9 Å². The Morgan fingerprint density at radius 3 is 2.81 bits per heavy atom. The number of aromatic nitrogens is 4. The van der Waals surface area contributed by atoms with Crippen LogP contribution in [0.2, 0.25) is 0 Å². The number of fused-ring (bicyclic) bond motifs is 1.